The fraction of sp³-hybridized carbons (Fsp3) is 0.667. The lowest BCUT2D eigenvalue weighted by atomic mass is 10.0. The van der Waals surface area contributed by atoms with Gasteiger partial charge in [0.15, 0.2) is 0 Å². The lowest BCUT2D eigenvalue weighted by Crippen LogP contribution is -2.39. The van der Waals surface area contributed by atoms with Crippen LogP contribution in [-0.2, 0) is 18.3 Å². The predicted molar refractivity (Wildman–Crippen MR) is 66.8 cm³/mol. The maximum absolute atomic E-state index is 12.1. The van der Waals surface area contributed by atoms with Crippen LogP contribution in [0.2, 0.25) is 0 Å². The van der Waals surface area contributed by atoms with Crippen LogP contribution in [0.5, 0.6) is 0 Å². The molecule has 0 aromatic carbocycles. The Balaban J connectivity index is 2.07. The molecule has 1 aliphatic rings. The third-order valence-corrected chi connectivity index (χ3v) is 3.31. The van der Waals surface area contributed by atoms with Crippen LogP contribution < -0.4 is 10.6 Å². The Bertz CT molecular complexity index is 413. The summed E-state index contributed by atoms with van der Waals surface area (Å²) in [5, 5.41) is 10.5. The van der Waals surface area contributed by atoms with Crippen LogP contribution in [0.1, 0.15) is 26.0 Å². The van der Waals surface area contributed by atoms with Crippen molar-refractivity contribution in [3.8, 4) is 0 Å². The summed E-state index contributed by atoms with van der Waals surface area (Å²) in [6.07, 6.45) is 3.74. The van der Waals surface area contributed by atoms with Crippen molar-refractivity contribution < 1.29 is 4.79 Å². The second-order valence-corrected chi connectivity index (χ2v) is 4.70. The minimum atomic E-state index is -0.0695. The van der Waals surface area contributed by atoms with Crippen molar-refractivity contribution in [2.45, 2.75) is 32.7 Å². The van der Waals surface area contributed by atoms with Crippen molar-refractivity contribution in [3.63, 3.8) is 0 Å². The van der Waals surface area contributed by atoms with Gasteiger partial charge in [-0.25, -0.2) is 0 Å². The lowest BCUT2D eigenvalue weighted by molar-refractivity contribution is -0.118. The number of aryl methyl sites for hydroxylation is 2. The molecule has 1 saturated heterocycles. The summed E-state index contributed by atoms with van der Waals surface area (Å²) < 4.78 is 1.74. The largest absolute Gasteiger partial charge is 0.322 e. The van der Waals surface area contributed by atoms with Crippen molar-refractivity contribution >= 4 is 11.6 Å². The SMILES string of the molecule is CCc1nn(C)cc1NC(=O)C1NCCC1C. The van der Waals surface area contributed by atoms with Crippen molar-refractivity contribution in [2.75, 3.05) is 11.9 Å². The Labute approximate surface area is 102 Å². The second-order valence-electron chi connectivity index (χ2n) is 4.70. The predicted octanol–water partition coefficient (Wildman–Crippen LogP) is 0.919. The van der Waals surface area contributed by atoms with E-state index in [9.17, 15) is 4.79 Å². The van der Waals surface area contributed by atoms with Gasteiger partial charge in [0, 0.05) is 13.2 Å². The Morgan fingerprint density at radius 2 is 2.47 bits per heavy atom. The summed E-state index contributed by atoms with van der Waals surface area (Å²) in [7, 11) is 1.87. The first-order valence-corrected chi connectivity index (χ1v) is 6.18. The van der Waals surface area contributed by atoms with Gasteiger partial charge in [0.25, 0.3) is 0 Å². The molecule has 94 valence electrons. The van der Waals surface area contributed by atoms with Crippen molar-refractivity contribution in [3.05, 3.63) is 11.9 Å². The molecule has 2 unspecified atom stereocenters. The van der Waals surface area contributed by atoms with Crippen LogP contribution in [0, 0.1) is 5.92 Å². The molecule has 5 nitrogen and oxygen atoms in total. The molecule has 0 saturated carbocycles. The number of amides is 1. The molecule has 2 rings (SSSR count). The Morgan fingerprint density at radius 1 is 1.71 bits per heavy atom. The average molecular weight is 236 g/mol. The highest BCUT2D eigenvalue weighted by atomic mass is 16.2. The molecule has 1 aromatic rings. The number of carbonyl (C=O) groups is 1. The summed E-state index contributed by atoms with van der Waals surface area (Å²) in [6.45, 7) is 5.07. The number of carbonyl (C=O) groups excluding carboxylic acids is 1. The molecule has 1 amide bonds. The fourth-order valence-corrected chi connectivity index (χ4v) is 2.30. The maximum Gasteiger partial charge on any atom is 0.241 e. The van der Waals surface area contributed by atoms with Crippen LogP contribution in [0.15, 0.2) is 6.20 Å². The number of nitrogens with one attached hydrogen (secondary N) is 2. The first kappa shape index (κ1) is 12.1. The van der Waals surface area contributed by atoms with Crippen LogP contribution in [-0.4, -0.2) is 28.3 Å². The normalized spacial score (nSPS) is 23.9. The Kier molecular flexibility index (Phi) is 3.47. The molecule has 0 aliphatic carbocycles. The zero-order valence-corrected chi connectivity index (χ0v) is 10.7. The van der Waals surface area contributed by atoms with Crippen molar-refractivity contribution in [2.24, 2.45) is 13.0 Å². The zero-order valence-electron chi connectivity index (χ0n) is 10.7. The molecular weight excluding hydrogens is 216 g/mol. The minimum absolute atomic E-state index is 0.0534. The van der Waals surface area contributed by atoms with E-state index in [-0.39, 0.29) is 11.9 Å². The maximum atomic E-state index is 12.1. The van der Waals surface area contributed by atoms with E-state index in [2.05, 4.69) is 22.7 Å². The third-order valence-electron chi connectivity index (χ3n) is 3.31. The van der Waals surface area contributed by atoms with Crippen LogP contribution in [0.3, 0.4) is 0 Å². The second kappa shape index (κ2) is 4.87. The first-order valence-electron chi connectivity index (χ1n) is 6.18. The van der Waals surface area contributed by atoms with Gasteiger partial charge >= 0.3 is 0 Å². The highest BCUT2D eigenvalue weighted by Crippen LogP contribution is 2.18. The number of anilines is 1. The summed E-state index contributed by atoms with van der Waals surface area (Å²) in [4.78, 5) is 12.1. The fourth-order valence-electron chi connectivity index (χ4n) is 2.30. The van der Waals surface area contributed by atoms with Crippen molar-refractivity contribution in [1.82, 2.24) is 15.1 Å². The smallest absolute Gasteiger partial charge is 0.241 e. The van der Waals surface area contributed by atoms with E-state index >= 15 is 0 Å². The van der Waals surface area contributed by atoms with E-state index < -0.39 is 0 Å². The molecule has 5 heteroatoms. The van der Waals surface area contributed by atoms with E-state index in [1.54, 1.807) is 4.68 Å². The molecule has 2 N–H and O–H groups in total. The Morgan fingerprint density at radius 3 is 3.06 bits per heavy atom. The molecule has 1 aliphatic heterocycles. The summed E-state index contributed by atoms with van der Waals surface area (Å²) in [5.41, 5.74) is 1.77. The van der Waals surface area contributed by atoms with E-state index in [1.165, 1.54) is 0 Å². The van der Waals surface area contributed by atoms with Gasteiger partial charge in [-0.15, -0.1) is 0 Å². The lowest BCUT2D eigenvalue weighted by Gasteiger charge is -2.15. The van der Waals surface area contributed by atoms with E-state index in [4.69, 9.17) is 0 Å². The number of hydrogen-bond donors (Lipinski definition) is 2. The van der Waals surface area contributed by atoms with Gasteiger partial charge in [-0.3, -0.25) is 9.48 Å². The van der Waals surface area contributed by atoms with Gasteiger partial charge in [-0.2, -0.15) is 5.10 Å². The number of nitrogens with zero attached hydrogens (tertiary/aromatic N) is 2. The summed E-state index contributed by atoms with van der Waals surface area (Å²) in [6, 6.07) is -0.0695. The van der Waals surface area contributed by atoms with Crippen LogP contribution >= 0.6 is 0 Å². The van der Waals surface area contributed by atoms with Gasteiger partial charge in [0.1, 0.15) is 0 Å². The van der Waals surface area contributed by atoms with E-state index in [0.717, 1.165) is 30.8 Å². The molecular formula is C12H20N4O. The zero-order chi connectivity index (χ0) is 12.4. The number of rotatable bonds is 3. The van der Waals surface area contributed by atoms with Crippen LogP contribution in [0.4, 0.5) is 5.69 Å². The third kappa shape index (κ3) is 2.49. The van der Waals surface area contributed by atoms with E-state index in [0.29, 0.717) is 5.92 Å². The molecule has 1 aromatic heterocycles. The van der Waals surface area contributed by atoms with Gasteiger partial charge < -0.3 is 10.6 Å². The van der Waals surface area contributed by atoms with Crippen LogP contribution in [0.25, 0.3) is 0 Å². The topological polar surface area (TPSA) is 59.0 Å². The van der Waals surface area contributed by atoms with Gasteiger partial charge in [0.2, 0.25) is 5.91 Å². The van der Waals surface area contributed by atoms with Gasteiger partial charge in [-0.05, 0) is 25.3 Å². The highest BCUT2D eigenvalue weighted by molar-refractivity contribution is 5.95. The Hall–Kier alpha value is -1.36. The standard InChI is InChI=1S/C12H20N4O/c1-4-9-10(7-16(3)15-9)14-12(17)11-8(2)5-6-13-11/h7-8,11,13H,4-6H2,1-3H3,(H,14,17). The molecule has 17 heavy (non-hydrogen) atoms. The number of hydrogen-bond acceptors (Lipinski definition) is 3. The molecule has 0 spiro atoms. The van der Waals surface area contributed by atoms with Gasteiger partial charge in [0.05, 0.1) is 17.4 Å². The molecule has 2 heterocycles. The minimum Gasteiger partial charge on any atom is -0.322 e. The number of aromatic nitrogens is 2. The molecule has 2 atom stereocenters. The quantitative estimate of drug-likeness (QED) is 0.820. The van der Waals surface area contributed by atoms with Crippen molar-refractivity contribution in [1.29, 1.82) is 0 Å². The monoisotopic (exact) mass is 236 g/mol. The average Bonchev–Trinajstić information content (AvgIpc) is 2.84. The molecule has 0 radical (unpaired) electrons. The first-order chi connectivity index (χ1) is 8.11. The summed E-state index contributed by atoms with van der Waals surface area (Å²) >= 11 is 0. The van der Waals surface area contributed by atoms with Gasteiger partial charge in [-0.1, -0.05) is 13.8 Å². The molecule has 1 fully saturated rings. The molecule has 0 bridgehead atoms. The highest BCUT2D eigenvalue weighted by Gasteiger charge is 2.29. The van der Waals surface area contributed by atoms with E-state index in [1.807, 2.05) is 20.2 Å². The summed E-state index contributed by atoms with van der Waals surface area (Å²) in [5.74, 6) is 0.453.